The van der Waals surface area contributed by atoms with Crippen LogP contribution >= 0.6 is 11.8 Å². The Bertz CT molecular complexity index is 764. The molecule has 2 aromatic carbocycles. The van der Waals surface area contributed by atoms with Crippen molar-refractivity contribution in [1.82, 2.24) is 0 Å². The van der Waals surface area contributed by atoms with E-state index >= 15 is 0 Å². The van der Waals surface area contributed by atoms with E-state index < -0.39 is 0 Å². The Morgan fingerprint density at radius 3 is 2.38 bits per heavy atom. The van der Waals surface area contributed by atoms with Crippen molar-refractivity contribution in [3.63, 3.8) is 0 Å². The second kappa shape index (κ2) is 8.90. The molecule has 26 heavy (non-hydrogen) atoms. The minimum atomic E-state index is -0.0543. The lowest BCUT2D eigenvalue weighted by Crippen LogP contribution is -2.19. The third-order valence-corrected chi connectivity index (χ3v) is 4.58. The molecule has 2 aromatic rings. The van der Waals surface area contributed by atoms with E-state index in [9.17, 15) is 9.59 Å². The largest absolute Gasteiger partial charge is 0.497 e. The molecule has 138 valence electrons. The minimum Gasteiger partial charge on any atom is -0.497 e. The van der Waals surface area contributed by atoms with E-state index in [0.717, 1.165) is 16.3 Å². The molecule has 1 amide bonds. The second-order valence-corrected chi connectivity index (χ2v) is 8.30. The number of hydrogen-bond donors (Lipinski definition) is 1. The van der Waals surface area contributed by atoms with Gasteiger partial charge in [-0.2, -0.15) is 0 Å². The Balaban J connectivity index is 1.93. The van der Waals surface area contributed by atoms with Crippen LogP contribution in [0.4, 0.5) is 5.69 Å². The molecule has 0 fully saturated rings. The minimum absolute atomic E-state index is 0.00559. The highest BCUT2D eigenvalue weighted by atomic mass is 32.2. The first kappa shape index (κ1) is 20.0. The number of carbonyl (C=O) groups excluding carboxylic acids is 2. The lowest BCUT2D eigenvalue weighted by molar-refractivity contribution is -0.117. The number of nitrogens with one attached hydrogen (secondary N) is 1. The molecule has 0 bridgehead atoms. The molecule has 0 unspecified atom stereocenters. The highest BCUT2D eigenvalue weighted by Crippen LogP contribution is 2.24. The molecule has 0 radical (unpaired) electrons. The van der Waals surface area contributed by atoms with Gasteiger partial charge in [-0.15, -0.1) is 11.8 Å². The number of ether oxygens (including phenoxy) is 1. The quantitative estimate of drug-likeness (QED) is 0.547. The predicted molar refractivity (Wildman–Crippen MR) is 107 cm³/mol. The van der Waals surface area contributed by atoms with Gasteiger partial charge in [0.2, 0.25) is 5.91 Å². The van der Waals surface area contributed by atoms with Gasteiger partial charge >= 0.3 is 0 Å². The van der Waals surface area contributed by atoms with Gasteiger partial charge in [0, 0.05) is 22.6 Å². The van der Waals surface area contributed by atoms with Gasteiger partial charge < -0.3 is 10.1 Å². The second-order valence-electron chi connectivity index (χ2n) is 7.25. The normalized spacial score (nSPS) is 11.1. The van der Waals surface area contributed by atoms with Crippen molar-refractivity contribution in [2.45, 2.75) is 32.1 Å². The van der Waals surface area contributed by atoms with Crippen molar-refractivity contribution in [1.29, 1.82) is 0 Å². The van der Waals surface area contributed by atoms with E-state index in [0.29, 0.717) is 17.7 Å². The van der Waals surface area contributed by atoms with Crippen LogP contribution < -0.4 is 10.1 Å². The number of amides is 1. The van der Waals surface area contributed by atoms with Crippen LogP contribution in [0, 0.1) is 5.41 Å². The molecule has 0 atom stereocenters. The summed E-state index contributed by atoms with van der Waals surface area (Å²) in [4.78, 5) is 25.3. The van der Waals surface area contributed by atoms with Gasteiger partial charge in [-0.1, -0.05) is 26.8 Å². The molecule has 4 nitrogen and oxygen atoms in total. The van der Waals surface area contributed by atoms with E-state index in [1.165, 1.54) is 11.8 Å². The smallest absolute Gasteiger partial charge is 0.224 e. The maximum atomic E-state index is 12.3. The van der Waals surface area contributed by atoms with Gasteiger partial charge in [0.15, 0.2) is 5.78 Å². The van der Waals surface area contributed by atoms with Gasteiger partial charge in [-0.3, -0.25) is 9.59 Å². The summed E-state index contributed by atoms with van der Waals surface area (Å²) >= 11 is 1.46. The number of thioether (sulfide) groups is 1. The van der Waals surface area contributed by atoms with Crippen molar-refractivity contribution >= 4 is 29.1 Å². The van der Waals surface area contributed by atoms with E-state index in [4.69, 9.17) is 4.74 Å². The molecule has 5 heteroatoms. The number of benzene rings is 2. The van der Waals surface area contributed by atoms with Crippen molar-refractivity contribution in [2.24, 2.45) is 5.41 Å². The van der Waals surface area contributed by atoms with Crippen LogP contribution in [-0.4, -0.2) is 24.6 Å². The summed E-state index contributed by atoms with van der Waals surface area (Å²) in [5, 5.41) is 2.92. The topological polar surface area (TPSA) is 55.4 Å². The highest BCUT2D eigenvalue weighted by Gasteiger charge is 2.16. The molecule has 0 saturated heterocycles. The van der Waals surface area contributed by atoms with Crippen LogP contribution in [0.1, 0.15) is 37.6 Å². The number of anilines is 1. The summed E-state index contributed by atoms with van der Waals surface area (Å²) in [5.74, 6) is 1.12. The Morgan fingerprint density at radius 2 is 1.77 bits per heavy atom. The summed E-state index contributed by atoms with van der Waals surface area (Å²) in [6.45, 7) is 6.09. The van der Waals surface area contributed by atoms with E-state index in [2.05, 4.69) is 5.32 Å². The van der Waals surface area contributed by atoms with E-state index in [1.807, 2.05) is 45.0 Å². The third kappa shape index (κ3) is 6.56. The zero-order chi connectivity index (χ0) is 19.2. The Kier molecular flexibility index (Phi) is 6.86. The van der Waals surface area contributed by atoms with Crippen LogP contribution in [0.2, 0.25) is 0 Å². The van der Waals surface area contributed by atoms with Crippen LogP contribution in [0.15, 0.2) is 53.4 Å². The van der Waals surface area contributed by atoms with E-state index in [1.54, 1.807) is 31.4 Å². The lowest BCUT2D eigenvalue weighted by Gasteiger charge is -2.17. The molecule has 0 spiro atoms. The molecule has 0 heterocycles. The fourth-order valence-corrected chi connectivity index (χ4v) is 3.21. The van der Waals surface area contributed by atoms with Crippen molar-refractivity contribution in [3.8, 4) is 5.75 Å². The monoisotopic (exact) mass is 371 g/mol. The number of rotatable bonds is 7. The number of hydrogen-bond acceptors (Lipinski definition) is 4. The lowest BCUT2D eigenvalue weighted by atomic mass is 9.92. The summed E-state index contributed by atoms with van der Waals surface area (Å²) in [5.41, 5.74) is 1.36. The molecular weight excluding hydrogens is 346 g/mol. The number of carbonyl (C=O) groups is 2. The summed E-state index contributed by atoms with van der Waals surface area (Å²) in [6.07, 6.45) is 0.459. The van der Waals surface area contributed by atoms with Crippen LogP contribution in [0.25, 0.3) is 0 Å². The van der Waals surface area contributed by atoms with Gasteiger partial charge in [0.1, 0.15) is 5.75 Å². The molecule has 0 aliphatic heterocycles. The van der Waals surface area contributed by atoms with E-state index in [-0.39, 0.29) is 17.1 Å². The third-order valence-electron chi connectivity index (χ3n) is 3.59. The van der Waals surface area contributed by atoms with Crippen LogP contribution in [-0.2, 0) is 4.79 Å². The zero-order valence-corrected chi connectivity index (χ0v) is 16.5. The fourth-order valence-electron chi connectivity index (χ4n) is 2.36. The average Bonchev–Trinajstić information content (AvgIpc) is 2.58. The molecule has 0 aromatic heterocycles. The number of methoxy groups -OCH3 is 1. The standard InChI is InChI=1S/C21H25NO3S/c1-21(2,3)13-20(24)22-16-6-5-7-18(12-16)26-14-19(23)15-8-10-17(25-4)11-9-15/h5-12H,13-14H2,1-4H3,(H,22,24). The highest BCUT2D eigenvalue weighted by molar-refractivity contribution is 8.00. The molecular formula is C21H25NO3S. The first-order chi connectivity index (χ1) is 12.3. The van der Waals surface area contributed by atoms with Crippen LogP contribution in [0.5, 0.6) is 5.75 Å². The van der Waals surface area contributed by atoms with Crippen molar-refractivity contribution in [2.75, 3.05) is 18.2 Å². The molecule has 1 N–H and O–H groups in total. The molecule has 0 aliphatic rings. The molecule has 2 rings (SSSR count). The Labute approximate surface area is 159 Å². The zero-order valence-electron chi connectivity index (χ0n) is 15.7. The van der Waals surface area contributed by atoms with Crippen LogP contribution in [0.3, 0.4) is 0 Å². The van der Waals surface area contributed by atoms with Crippen molar-refractivity contribution in [3.05, 3.63) is 54.1 Å². The Morgan fingerprint density at radius 1 is 1.08 bits per heavy atom. The van der Waals surface area contributed by atoms with Gasteiger partial charge in [-0.05, 0) is 47.9 Å². The van der Waals surface area contributed by atoms with Gasteiger partial charge in [0.25, 0.3) is 0 Å². The summed E-state index contributed by atoms with van der Waals surface area (Å²) < 4.78 is 5.10. The number of ketones is 1. The molecule has 0 saturated carbocycles. The fraction of sp³-hybridized carbons (Fsp3) is 0.333. The molecule has 0 aliphatic carbocycles. The maximum absolute atomic E-state index is 12.3. The maximum Gasteiger partial charge on any atom is 0.224 e. The van der Waals surface area contributed by atoms with Gasteiger partial charge in [-0.25, -0.2) is 0 Å². The average molecular weight is 372 g/mol. The number of Topliss-reactive ketones (excluding diaryl/α,β-unsaturated/α-hetero) is 1. The SMILES string of the molecule is COc1ccc(C(=O)CSc2cccc(NC(=O)CC(C)(C)C)c2)cc1. The Hall–Kier alpha value is -2.27. The predicted octanol–water partition coefficient (Wildman–Crippen LogP) is 5.04. The van der Waals surface area contributed by atoms with Crippen molar-refractivity contribution < 1.29 is 14.3 Å². The first-order valence-electron chi connectivity index (χ1n) is 8.47. The van der Waals surface area contributed by atoms with Gasteiger partial charge in [0.05, 0.1) is 12.9 Å². The first-order valence-corrected chi connectivity index (χ1v) is 9.45. The summed E-state index contributed by atoms with van der Waals surface area (Å²) in [6, 6.07) is 14.7. The summed E-state index contributed by atoms with van der Waals surface area (Å²) in [7, 11) is 1.60.